The number of hydrogen-bond acceptors (Lipinski definition) is 7. The number of pyridine rings is 1. The summed E-state index contributed by atoms with van der Waals surface area (Å²) in [5.41, 5.74) is 0.519. The molecule has 1 fully saturated rings. The molecule has 4 aromatic rings. The molecule has 0 unspecified atom stereocenters. The van der Waals surface area contributed by atoms with Crippen molar-refractivity contribution in [3.8, 4) is 11.5 Å². The van der Waals surface area contributed by atoms with Gasteiger partial charge in [0.05, 0.1) is 17.7 Å². The van der Waals surface area contributed by atoms with Crippen LogP contribution in [0.2, 0.25) is 0 Å². The monoisotopic (exact) mass is 464 g/mol. The van der Waals surface area contributed by atoms with E-state index >= 15 is 0 Å². The van der Waals surface area contributed by atoms with Crippen molar-refractivity contribution in [3.63, 3.8) is 0 Å². The highest BCUT2D eigenvalue weighted by molar-refractivity contribution is 6.04. The van der Waals surface area contributed by atoms with Gasteiger partial charge in [-0.3, -0.25) is 14.5 Å². The van der Waals surface area contributed by atoms with Gasteiger partial charge in [-0.25, -0.2) is 9.37 Å². The third kappa shape index (κ3) is 4.29. The lowest BCUT2D eigenvalue weighted by molar-refractivity contribution is 0.0664. The van der Waals surface area contributed by atoms with E-state index in [1.807, 2.05) is 13.0 Å². The van der Waals surface area contributed by atoms with Gasteiger partial charge < -0.3 is 20.2 Å². The van der Waals surface area contributed by atoms with Gasteiger partial charge in [0.1, 0.15) is 6.26 Å². The molecule has 3 aromatic heterocycles. The number of amides is 1. The van der Waals surface area contributed by atoms with Crippen molar-refractivity contribution in [2.45, 2.75) is 38.6 Å². The first kappa shape index (κ1) is 22.2. The fourth-order valence-electron chi connectivity index (χ4n) is 3.99. The van der Waals surface area contributed by atoms with E-state index in [0.29, 0.717) is 33.6 Å². The number of alkyl halides is 1. The zero-order valence-electron chi connectivity index (χ0n) is 19.1. The Morgan fingerprint density at radius 3 is 2.82 bits per heavy atom. The number of aryl methyl sites for hydroxylation is 1. The summed E-state index contributed by atoms with van der Waals surface area (Å²) >= 11 is 0. The number of nitrogens with zero attached hydrogens (tertiary/aromatic N) is 4. The lowest BCUT2D eigenvalue weighted by atomic mass is 9.95. The van der Waals surface area contributed by atoms with Gasteiger partial charge in [0, 0.05) is 53.4 Å². The number of carbonyl (C=O) groups is 1. The number of carbonyl (C=O) groups excluding carboxylic acids is 1. The van der Waals surface area contributed by atoms with E-state index in [4.69, 9.17) is 4.42 Å². The second-order valence-electron chi connectivity index (χ2n) is 9.27. The standard InChI is InChI=1S/C24H25FN6O3/c1-14-6-15(4-5-27-14)22-29-20(10-34-22)21(32)28-19-7-16-9-31(13-24(25)11-26-12-24)30-18(16)8-17(19)23(2,3)33/h4-10,26,33H,11-13H2,1-3H3,(H,28,32). The molecular formula is C24H25FN6O3. The first-order valence-electron chi connectivity index (χ1n) is 10.9. The highest BCUT2D eigenvalue weighted by Gasteiger charge is 2.37. The van der Waals surface area contributed by atoms with Gasteiger partial charge in [-0.1, -0.05) is 0 Å². The van der Waals surface area contributed by atoms with Crippen molar-refractivity contribution in [3.05, 3.63) is 59.9 Å². The minimum Gasteiger partial charge on any atom is -0.444 e. The van der Waals surface area contributed by atoms with Gasteiger partial charge in [0.15, 0.2) is 11.4 Å². The molecule has 0 spiro atoms. The Kier molecular flexibility index (Phi) is 5.22. The van der Waals surface area contributed by atoms with Crippen LogP contribution in [0.4, 0.5) is 10.1 Å². The van der Waals surface area contributed by atoms with E-state index in [-0.39, 0.29) is 25.3 Å². The normalized spacial score (nSPS) is 15.3. The SMILES string of the molecule is Cc1cc(-c2nc(C(=O)Nc3cc4cn(CC5(F)CNC5)nc4cc3C(C)(C)O)co2)ccn1. The summed E-state index contributed by atoms with van der Waals surface area (Å²) in [5, 5.41) is 21.7. The van der Waals surface area contributed by atoms with E-state index in [2.05, 4.69) is 25.7 Å². The number of rotatable bonds is 6. The molecule has 5 rings (SSSR count). The summed E-state index contributed by atoms with van der Waals surface area (Å²) in [4.78, 5) is 21.4. The van der Waals surface area contributed by atoms with Crippen LogP contribution >= 0.6 is 0 Å². The minimum absolute atomic E-state index is 0.0961. The van der Waals surface area contributed by atoms with Gasteiger partial charge in [0.25, 0.3) is 5.91 Å². The van der Waals surface area contributed by atoms with Crippen LogP contribution in [0.15, 0.2) is 47.3 Å². The smallest absolute Gasteiger partial charge is 0.277 e. The zero-order chi connectivity index (χ0) is 24.1. The molecule has 0 radical (unpaired) electrons. The van der Waals surface area contributed by atoms with Crippen molar-refractivity contribution in [1.29, 1.82) is 0 Å². The summed E-state index contributed by atoms with van der Waals surface area (Å²) in [5.74, 6) is -0.179. The maximum Gasteiger partial charge on any atom is 0.277 e. The van der Waals surface area contributed by atoms with E-state index in [0.717, 1.165) is 5.69 Å². The summed E-state index contributed by atoms with van der Waals surface area (Å²) in [6.45, 7) is 5.81. The van der Waals surface area contributed by atoms with Crippen LogP contribution in [-0.2, 0) is 12.1 Å². The molecule has 1 aliphatic rings. The molecule has 0 aliphatic carbocycles. The second kappa shape index (κ2) is 8.00. The molecule has 1 saturated heterocycles. The number of oxazole rings is 1. The maximum atomic E-state index is 14.5. The lowest BCUT2D eigenvalue weighted by Crippen LogP contribution is -2.58. The molecule has 0 saturated carbocycles. The van der Waals surface area contributed by atoms with Crippen LogP contribution in [-0.4, -0.2) is 49.5 Å². The Bertz CT molecular complexity index is 1380. The average Bonchev–Trinajstić information content (AvgIpc) is 3.38. The predicted molar refractivity (Wildman–Crippen MR) is 124 cm³/mol. The molecule has 9 nitrogen and oxygen atoms in total. The topological polar surface area (TPSA) is 118 Å². The maximum absolute atomic E-state index is 14.5. The molecule has 176 valence electrons. The minimum atomic E-state index is -1.32. The Labute approximate surface area is 195 Å². The van der Waals surface area contributed by atoms with Gasteiger partial charge in [-0.2, -0.15) is 5.10 Å². The number of aromatic nitrogens is 4. The molecule has 10 heteroatoms. The Morgan fingerprint density at radius 2 is 2.15 bits per heavy atom. The number of anilines is 1. The molecule has 3 N–H and O–H groups in total. The quantitative estimate of drug-likeness (QED) is 0.401. The first-order chi connectivity index (χ1) is 16.1. The Morgan fingerprint density at radius 1 is 1.35 bits per heavy atom. The van der Waals surface area contributed by atoms with Crippen molar-refractivity contribution in [1.82, 2.24) is 25.1 Å². The summed E-state index contributed by atoms with van der Waals surface area (Å²) in [6.07, 6.45) is 4.67. The summed E-state index contributed by atoms with van der Waals surface area (Å²) in [6, 6.07) is 6.99. The molecule has 1 aromatic carbocycles. The van der Waals surface area contributed by atoms with Crippen LogP contribution in [0.3, 0.4) is 0 Å². The van der Waals surface area contributed by atoms with Gasteiger partial charge in [-0.05, 0) is 45.0 Å². The van der Waals surface area contributed by atoms with Crippen molar-refractivity contribution in [2.24, 2.45) is 0 Å². The van der Waals surface area contributed by atoms with Gasteiger partial charge in [-0.15, -0.1) is 0 Å². The lowest BCUT2D eigenvalue weighted by Gasteiger charge is -2.34. The first-order valence-corrected chi connectivity index (χ1v) is 10.9. The van der Waals surface area contributed by atoms with Crippen LogP contribution < -0.4 is 10.6 Å². The number of nitrogens with one attached hydrogen (secondary N) is 2. The molecule has 34 heavy (non-hydrogen) atoms. The Balaban J connectivity index is 1.44. The van der Waals surface area contributed by atoms with Gasteiger partial charge >= 0.3 is 0 Å². The summed E-state index contributed by atoms with van der Waals surface area (Å²) in [7, 11) is 0. The number of aliphatic hydroxyl groups is 1. The van der Waals surface area contributed by atoms with Gasteiger partial charge in [0.2, 0.25) is 5.89 Å². The summed E-state index contributed by atoms with van der Waals surface area (Å²) < 4.78 is 21.6. The van der Waals surface area contributed by atoms with E-state index in [1.54, 1.807) is 49.1 Å². The molecular weight excluding hydrogens is 439 g/mol. The number of fused-ring (bicyclic) bond motifs is 1. The number of halogens is 1. The third-order valence-corrected chi connectivity index (χ3v) is 5.81. The van der Waals surface area contributed by atoms with Crippen molar-refractivity contribution in [2.75, 3.05) is 18.4 Å². The molecule has 0 atom stereocenters. The molecule has 1 aliphatic heterocycles. The van der Waals surface area contributed by atoms with Crippen molar-refractivity contribution >= 4 is 22.5 Å². The molecule has 1 amide bonds. The average molecular weight is 465 g/mol. The highest BCUT2D eigenvalue weighted by atomic mass is 19.1. The fourth-order valence-corrected chi connectivity index (χ4v) is 3.99. The van der Waals surface area contributed by atoms with Crippen LogP contribution in [0.1, 0.15) is 35.6 Å². The van der Waals surface area contributed by atoms with E-state index in [1.165, 1.54) is 6.26 Å². The third-order valence-electron chi connectivity index (χ3n) is 5.81. The molecule has 4 heterocycles. The second-order valence-corrected chi connectivity index (χ2v) is 9.27. The number of benzene rings is 1. The largest absolute Gasteiger partial charge is 0.444 e. The van der Waals surface area contributed by atoms with E-state index in [9.17, 15) is 14.3 Å². The van der Waals surface area contributed by atoms with Crippen LogP contribution in [0.5, 0.6) is 0 Å². The highest BCUT2D eigenvalue weighted by Crippen LogP contribution is 2.33. The fraction of sp³-hybridized carbons (Fsp3) is 0.333. The van der Waals surface area contributed by atoms with Crippen LogP contribution in [0, 0.1) is 6.92 Å². The molecule has 0 bridgehead atoms. The predicted octanol–water partition coefficient (Wildman–Crippen LogP) is 3.19. The van der Waals surface area contributed by atoms with Crippen molar-refractivity contribution < 1.29 is 18.7 Å². The zero-order valence-corrected chi connectivity index (χ0v) is 19.1. The van der Waals surface area contributed by atoms with Crippen LogP contribution in [0.25, 0.3) is 22.4 Å². The number of hydrogen-bond donors (Lipinski definition) is 3. The van der Waals surface area contributed by atoms with E-state index < -0.39 is 17.2 Å². The Hall–Kier alpha value is -3.63.